The Morgan fingerprint density at radius 1 is 1.29 bits per heavy atom. The highest BCUT2D eigenvalue weighted by molar-refractivity contribution is 6.30. The van der Waals surface area contributed by atoms with Gasteiger partial charge in [-0.3, -0.25) is 0 Å². The lowest BCUT2D eigenvalue weighted by molar-refractivity contribution is -0.138. The number of hydrogen-bond donors (Lipinski definition) is 0. The Balaban J connectivity index is 3.45. The van der Waals surface area contributed by atoms with Crippen LogP contribution in [0, 0.1) is 17.1 Å². The predicted octanol–water partition coefficient (Wildman–Crippen LogP) is 3.37. The minimum atomic E-state index is -4.75. The molecule has 1 aromatic carbocycles. The summed E-state index contributed by atoms with van der Waals surface area (Å²) in [6.45, 7) is 0. The van der Waals surface area contributed by atoms with Gasteiger partial charge in [0.15, 0.2) is 0 Å². The van der Waals surface area contributed by atoms with Crippen LogP contribution in [0.3, 0.4) is 0 Å². The predicted molar refractivity (Wildman–Crippen MR) is 41.1 cm³/mol. The summed E-state index contributed by atoms with van der Waals surface area (Å²) in [5, 5.41) is 7.86. The lowest BCUT2D eigenvalue weighted by Crippen LogP contribution is -2.08. The van der Waals surface area contributed by atoms with Crippen LogP contribution in [0.1, 0.15) is 11.1 Å². The summed E-state index contributed by atoms with van der Waals surface area (Å²) in [5.74, 6) is -1.20. The van der Waals surface area contributed by atoms with Crippen molar-refractivity contribution < 1.29 is 17.6 Å². The molecule has 0 heterocycles. The molecular weight excluding hydrogens is 222 g/mol. The fraction of sp³-hybridized carbons (Fsp3) is 0.125. The SMILES string of the molecule is N#Cc1cc(Cl)c(F)cc1C(F)(F)F. The second kappa shape index (κ2) is 3.46. The van der Waals surface area contributed by atoms with Gasteiger partial charge in [-0.2, -0.15) is 18.4 Å². The fourth-order valence-corrected chi connectivity index (χ4v) is 1.04. The summed E-state index contributed by atoms with van der Waals surface area (Å²) in [5.41, 5.74) is -2.01. The van der Waals surface area contributed by atoms with E-state index in [1.807, 2.05) is 0 Å². The molecule has 0 N–H and O–H groups in total. The van der Waals surface area contributed by atoms with Gasteiger partial charge in [-0.1, -0.05) is 11.6 Å². The first-order chi connectivity index (χ1) is 6.36. The van der Waals surface area contributed by atoms with Crippen molar-refractivity contribution in [3.8, 4) is 6.07 Å². The lowest BCUT2D eigenvalue weighted by Gasteiger charge is -2.08. The first kappa shape index (κ1) is 10.8. The summed E-state index contributed by atoms with van der Waals surface area (Å²) in [4.78, 5) is 0. The molecule has 1 aromatic rings. The zero-order valence-electron chi connectivity index (χ0n) is 6.49. The van der Waals surface area contributed by atoms with Gasteiger partial charge in [0.2, 0.25) is 0 Å². The lowest BCUT2D eigenvalue weighted by atomic mass is 10.1. The van der Waals surface area contributed by atoms with Gasteiger partial charge >= 0.3 is 6.18 Å². The average Bonchev–Trinajstić information content (AvgIpc) is 2.07. The highest BCUT2D eigenvalue weighted by Crippen LogP contribution is 2.34. The minimum absolute atomic E-state index is 0.209. The van der Waals surface area contributed by atoms with E-state index in [2.05, 4.69) is 0 Å². The molecule has 0 aromatic heterocycles. The van der Waals surface area contributed by atoms with Crippen LogP contribution in [-0.2, 0) is 6.18 Å². The molecule has 0 bridgehead atoms. The van der Waals surface area contributed by atoms with Crippen molar-refractivity contribution in [3.05, 3.63) is 34.1 Å². The van der Waals surface area contributed by atoms with Crippen molar-refractivity contribution in [1.29, 1.82) is 5.26 Å². The molecule has 0 unspecified atom stereocenters. The molecule has 0 aliphatic rings. The van der Waals surface area contributed by atoms with Gasteiger partial charge in [0, 0.05) is 0 Å². The molecule has 0 fully saturated rings. The van der Waals surface area contributed by atoms with Crippen molar-refractivity contribution >= 4 is 11.6 Å². The Labute approximate surface area is 81.5 Å². The van der Waals surface area contributed by atoms with Crippen LogP contribution in [0.25, 0.3) is 0 Å². The van der Waals surface area contributed by atoms with E-state index in [-0.39, 0.29) is 6.07 Å². The highest BCUT2D eigenvalue weighted by atomic mass is 35.5. The number of alkyl halides is 3. The molecule has 1 nitrogen and oxygen atoms in total. The number of benzene rings is 1. The summed E-state index contributed by atoms with van der Waals surface area (Å²) < 4.78 is 49.2. The van der Waals surface area contributed by atoms with Crippen LogP contribution in [0.15, 0.2) is 12.1 Å². The molecule has 0 spiro atoms. The Kier molecular flexibility index (Phi) is 2.67. The molecule has 6 heteroatoms. The maximum atomic E-state index is 12.7. The van der Waals surface area contributed by atoms with Gasteiger partial charge < -0.3 is 0 Å². The molecule has 14 heavy (non-hydrogen) atoms. The highest BCUT2D eigenvalue weighted by Gasteiger charge is 2.34. The maximum Gasteiger partial charge on any atom is 0.417 e. The number of halogens is 5. The van der Waals surface area contributed by atoms with Crippen molar-refractivity contribution in [2.45, 2.75) is 6.18 Å². The van der Waals surface area contributed by atoms with Gasteiger partial charge in [0.25, 0.3) is 0 Å². The van der Waals surface area contributed by atoms with E-state index in [1.165, 1.54) is 6.07 Å². The van der Waals surface area contributed by atoms with Crippen molar-refractivity contribution in [2.75, 3.05) is 0 Å². The molecule has 0 amide bonds. The van der Waals surface area contributed by atoms with E-state index in [9.17, 15) is 17.6 Å². The van der Waals surface area contributed by atoms with Gasteiger partial charge in [0.1, 0.15) is 5.82 Å². The third-order valence-corrected chi connectivity index (χ3v) is 1.78. The van der Waals surface area contributed by atoms with Crippen LogP contribution < -0.4 is 0 Å². The van der Waals surface area contributed by atoms with Crippen LogP contribution >= 0.6 is 11.6 Å². The molecule has 0 atom stereocenters. The van der Waals surface area contributed by atoms with E-state index in [0.29, 0.717) is 6.07 Å². The first-order valence-electron chi connectivity index (χ1n) is 3.32. The third-order valence-electron chi connectivity index (χ3n) is 1.49. The van der Waals surface area contributed by atoms with Crippen LogP contribution in [0.4, 0.5) is 17.6 Å². The maximum absolute atomic E-state index is 12.7. The monoisotopic (exact) mass is 223 g/mol. The molecular formula is C8H2ClF4N. The topological polar surface area (TPSA) is 23.8 Å². The second-order valence-electron chi connectivity index (χ2n) is 2.42. The van der Waals surface area contributed by atoms with Crippen molar-refractivity contribution in [1.82, 2.24) is 0 Å². The molecule has 1 rings (SSSR count). The van der Waals surface area contributed by atoms with Crippen LogP contribution in [0.5, 0.6) is 0 Å². The zero-order chi connectivity index (χ0) is 10.9. The summed E-state index contributed by atoms with van der Waals surface area (Å²) >= 11 is 5.22. The van der Waals surface area contributed by atoms with Crippen LogP contribution in [-0.4, -0.2) is 0 Å². The van der Waals surface area contributed by atoms with Crippen molar-refractivity contribution in [3.63, 3.8) is 0 Å². The summed E-state index contributed by atoms with van der Waals surface area (Å²) in [7, 11) is 0. The number of nitrogens with zero attached hydrogens (tertiary/aromatic N) is 1. The summed E-state index contributed by atoms with van der Waals surface area (Å²) in [6.07, 6.45) is -4.75. The van der Waals surface area contributed by atoms with Gasteiger partial charge in [-0.05, 0) is 12.1 Å². The normalized spacial score (nSPS) is 11.1. The van der Waals surface area contributed by atoms with E-state index in [4.69, 9.17) is 16.9 Å². The Morgan fingerprint density at radius 3 is 2.29 bits per heavy atom. The molecule has 0 radical (unpaired) electrons. The Morgan fingerprint density at radius 2 is 1.86 bits per heavy atom. The van der Waals surface area contributed by atoms with Gasteiger partial charge in [-0.15, -0.1) is 0 Å². The van der Waals surface area contributed by atoms with Crippen molar-refractivity contribution in [2.24, 2.45) is 0 Å². The minimum Gasteiger partial charge on any atom is -0.205 e. The average molecular weight is 224 g/mol. The second-order valence-corrected chi connectivity index (χ2v) is 2.83. The van der Waals surface area contributed by atoms with Gasteiger partial charge in [0.05, 0.1) is 22.2 Å². The summed E-state index contributed by atoms with van der Waals surface area (Å²) in [6, 6.07) is 2.16. The van der Waals surface area contributed by atoms with E-state index < -0.39 is 28.1 Å². The number of nitriles is 1. The number of hydrogen-bond acceptors (Lipinski definition) is 1. The fourth-order valence-electron chi connectivity index (χ4n) is 0.874. The molecule has 0 aliphatic heterocycles. The Bertz CT molecular complexity index is 405. The van der Waals surface area contributed by atoms with E-state index in [1.54, 1.807) is 0 Å². The quantitative estimate of drug-likeness (QED) is 0.619. The smallest absolute Gasteiger partial charge is 0.205 e. The molecule has 0 saturated carbocycles. The van der Waals surface area contributed by atoms with E-state index in [0.717, 1.165) is 0 Å². The van der Waals surface area contributed by atoms with Gasteiger partial charge in [-0.25, -0.2) is 4.39 Å². The zero-order valence-corrected chi connectivity index (χ0v) is 7.25. The van der Waals surface area contributed by atoms with E-state index >= 15 is 0 Å². The molecule has 74 valence electrons. The largest absolute Gasteiger partial charge is 0.417 e. The first-order valence-corrected chi connectivity index (χ1v) is 3.70. The third kappa shape index (κ3) is 1.96. The molecule has 0 aliphatic carbocycles. The molecule has 0 saturated heterocycles. The van der Waals surface area contributed by atoms with Crippen LogP contribution in [0.2, 0.25) is 5.02 Å². The standard InChI is InChI=1S/C8H2ClF4N/c9-6-1-4(3-14)5(2-7(6)10)8(11,12)13/h1-2H. The number of rotatable bonds is 0. The Hall–Kier alpha value is -1.28.